The number of carbonyl (C=O) groups is 1. The Balaban J connectivity index is 1.28. The zero-order valence-electron chi connectivity index (χ0n) is 14.9. The van der Waals surface area contributed by atoms with Gasteiger partial charge in [-0.15, -0.1) is 0 Å². The first kappa shape index (κ1) is 20.3. The van der Waals surface area contributed by atoms with E-state index >= 15 is 0 Å². The molecule has 7 nitrogen and oxygen atoms in total. The highest BCUT2D eigenvalue weighted by Gasteiger charge is 2.69. The van der Waals surface area contributed by atoms with Crippen molar-refractivity contribution in [2.45, 2.75) is 35.4 Å². The highest BCUT2D eigenvalue weighted by Crippen LogP contribution is 2.60. The minimum atomic E-state index is -3.77. The van der Waals surface area contributed by atoms with Gasteiger partial charge in [-0.3, -0.25) is 4.79 Å². The van der Waals surface area contributed by atoms with Crippen LogP contribution in [0.1, 0.15) is 19.3 Å². The maximum Gasteiger partial charge on any atom is 0.258 e. The van der Waals surface area contributed by atoms with E-state index < -0.39 is 26.9 Å². The van der Waals surface area contributed by atoms with Gasteiger partial charge in [0.15, 0.2) is 11.6 Å². The monoisotopic (exact) mass is 459 g/mol. The number of amides is 1. The summed E-state index contributed by atoms with van der Waals surface area (Å²) in [6.07, 6.45) is 2.71. The highest BCUT2D eigenvalue weighted by atomic mass is 35.5. The van der Waals surface area contributed by atoms with Crippen molar-refractivity contribution in [1.29, 1.82) is 0 Å². The molecule has 2 aromatic rings. The normalized spacial score (nSPS) is 24.9. The third-order valence-corrected chi connectivity index (χ3v) is 7.05. The van der Waals surface area contributed by atoms with Crippen molar-refractivity contribution >= 4 is 39.1 Å². The number of sulfonamides is 1. The molecule has 0 unspecified atom stereocenters. The summed E-state index contributed by atoms with van der Waals surface area (Å²) in [6, 6.07) is 6.71. The molecule has 3 aliphatic carbocycles. The number of hydrogen-bond donors (Lipinski definition) is 2. The predicted octanol–water partition coefficient (Wildman–Crippen LogP) is 2.68. The highest BCUT2D eigenvalue weighted by molar-refractivity contribution is 7.89. The average molecular weight is 460 g/mol. The number of hydrogen-bond acceptors (Lipinski definition) is 5. The van der Waals surface area contributed by atoms with Crippen molar-refractivity contribution in [3.63, 3.8) is 0 Å². The van der Waals surface area contributed by atoms with Crippen LogP contribution < -0.4 is 14.8 Å². The minimum Gasteiger partial charge on any atom is -0.484 e. The first-order valence-electron chi connectivity index (χ1n) is 8.65. The van der Waals surface area contributed by atoms with Gasteiger partial charge in [-0.2, -0.15) is 0 Å². The molecule has 1 aromatic heterocycles. The fourth-order valence-corrected chi connectivity index (χ4v) is 5.49. The summed E-state index contributed by atoms with van der Waals surface area (Å²) in [5, 5.41) is 3.07. The number of nitrogens with zero attached hydrogens (tertiary/aromatic N) is 1. The van der Waals surface area contributed by atoms with E-state index in [9.17, 15) is 17.6 Å². The van der Waals surface area contributed by atoms with Crippen LogP contribution in [0.25, 0.3) is 0 Å². The van der Waals surface area contributed by atoms with Crippen molar-refractivity contribution in [3.8, 4) is 5.75 Å². The lowest BCUT2D eigenvalue weighted by molar-refractivity contribution is -0.139. The van der Waals surface area contributed by atoms with Crippen molar-refractivity contribution in [2.75, 3.05) is 6.61 Å². The predicted molar refractivity (Wildman–Crippen MR) is 104 cm³/mol. The van der Waals surface area contributed by atoms with Crippen LogP contribution in [0.4, 0.5) is 4.39 Å². The smallest absolute Gasteiger partial charge is 0.258 e. The Bertz CT molecular complexity index is 1060. The molecule has 2 bridgehead atoms. The fourth-order valence-electron chi connectivity index (χ4n) is 3.93. The lowest BCUT2D eigenvalue weighted by atomic mass is 9.44. The average Bonchev–Trinajstić information content (AvgIpc) is 2.60. The molecule has 3 aliphatic rings. The molecule has 1 amide bonds. The number of aromatic nitrogens is 1. The Kier molecular flexibility index (Phi) is 4.97. The second-order valence-corrected chi connectivity index (χ2v) is 9.90. The van der Waals surface area contributed by atoms with Crippen molar-refractivity contribution in [2.24, 2.45) is 0 Å². The zero-order valence-corrected chi connectivity index (χ0v) is 17.2. The van der Waals surface area contributed by atoms with Crippen molar-refractivity contribution in [1.82, 2.24) is 15.0 Å². The maximum absolute atomic E-state index is 13.4. The van der Waals surface area contributed by atoms with Gasteiger partial charge in [0.05, 0.1) is 10.0 Å². The van der Waals surface area contributed by atoms with E-state index in [1.165, 1.54) is 30.5 Å². The Morgan fingerprint density at radius 2 is 1.90 bits per heavy atom. The number of rotatable bonds is 7. The summed E-state index contributed by atoms with van der Waals surface area (Å²) >= 11 is 11.3. The Hall–Kier alpha value is -1.94. The van der Waals surface area contributed by atoms with Crippen LogP contribution in [0, 0.1) is 5.82 Å². The summed E-state index contributed by atoms with van der Waals surface area (Å²) in [4.78, 5) is 16.0. The third-order valence-electron chi connectivity index (χ3n) is 5.02. The number of ether oxygens (including phenoxy) is 1. The Morgan fingerprint density at radius 3 is 2.52 bits per heavy atom. The number of carbonyl (C=O) groups excluding carboxylic acids is 1. The molecule has 0 aliphatic heterocycles. The van der Waals surface area contributed by atoms with Gasteiger partial charge >= 0.3 is 0 Å². The van der Waals surface area contributed by atoms with Gasteiger partial charge in [-0.25, -0.2) is 22.5 Å². The number of benzene rings is 1. The molecule has 154 valence electrons. The molecule has 3 saturated carbocycles. The molecule has 2 N–H and O–H groups in total. The lowest BCUT2D eigenvalue weighted by Crippen LogP contribution is -2.83. The summed E-state index contributed by atoms with van der Waals surface area (Å²) in [5.41, 5.74) is -1.02. The van der Waals surface area contributed by atoms with Gasteiger partial charge in [0.2, 0.25) is 0 Å². The number of halogens is 3. The summed E-state index contributed by atoms with van der Waals surface area (Å²) < 4.78 is 46.2. The van der Waals surface area contributed by atoms with Crippen molar-refractivity contribution in [3.05, 3.63) is 52.4 Å². The largest absolute Gasteiger partial charge is 0.484 e. The van der Waals surface area contributed by atoms with E-state index in [2.05, 4.69) is 15.0 Å². The van der Waals surface area contributed by atoms with Gasteiger partial charge < -0.3 is 10.1 Å². The molecular weight excluding hydrogens is 444 g/mol. The second kappa shape index (κ2) is 7.09. The first-order chi connectivity index (χ1) is 13.6. The zero-order chi connectivity index (χ0) is 20.9. The molecule has 11 heteroatoms. The maximum atomic E-state index is 13.4. The number of nitrogens with one attached hydrogen (secondary N) is 2. The van der Waals surface area contributed by atoms with Crippen LogP contribution in [-0.2, 0) is 14.8 Å². The van der Waals surface area contributed by atoms with Crippen LogP contribution in [0.5, 0.6) is 5.75 Å². The van der Waals surface area contributed by atoms with Crippen LogP contribution in [-0.4, -0.2) is 37.0 Å². The molecule has 0 atom stereocenters. The Labute approximate surface area is 176 Å². The van der Waals surface area contributed by atoms with E-state index in [-0.39, 0.29) is 28.3 Å². The summed E-state index contributed by atoms with van der Waals surface area (Å²) in [6.45, 7) is -0.282. The first-order valence-corrected chi connectivity index (χ1v) is 10.9. The molecule has 29 heavy (non-hydrogen) atoms. The molecule has 0 spiro atoms. The van der Waals surface area contributed by atoms with Crippen molar-refractivity contribution < 1.29 is 22.3 Å². The van der Waals surface area contributed by atoms with E-state index in [0.29, 0.717) is 24.3 Å². The topological polar surface area (TPSA) is 97.4 Å². The SMILES string of the molecule is O=C(COc1ccc(Cl)c(F)c1)NC12CC(NS(=O)(=O)c3ccc(Cl)cn3)(C1)C2. The van der Waals surface area contributed by atoms with Gasteiger partial charge in [0.25, 0.3) is 15.9 Å². The lowest BCUT2D eigenvalue weighted by Gasteiger charge is -2.70. The van der Waals surface area contributed by atoms with Crippen LogP contribution in [0.2, 0.25) is 10.0 Å². The van der Waals surface area contributed by atoms with E-state index in [4.69, 9.17) is 27.9 Å². The standard InChI is InChI=1S/C18H16Cl2FN3O4S/c19-11-1-4-16(22-6-11)29(26,27)24-18-8-17(9-18,10-18)23-15(25)7-28-12-2-3-13(20)14(21)5-12/h1-6,24H,7-10H2,(H,23,25). The van der Waals surface area contributed by atoms with Crippen LogP contribution >= 0.6 is 23.2 Å². The molecular formula is C18H16Cl2FN3O4S. The van der Waals surface area contributed by atoms with Gasteiger partial charge in [0, 0.05) is 23.3 Å². The summed E-state index contributed by atoms with van der Waals surface area (Å²) in [7, 11) is -3.77. The summed E-state index contributed by atoms with van der Waals surface area (Å²) in [5.74, 6) is -0.802. The quantitative estimate of drug-likeness (QED) is 0.663. The van der Waals surface area contributed by atoms with Gasteiger partial charge in [-0.1, -0.05) is 23.2 Å². The molecule has 3 fully saturated rings. The van der Waals surface area contributed by atoms with E-state index in [0.717, 1.165) is 6.07 Å². The van der Waals surface area contributed by atoms with Gasteiger partial charge in [0.1, 0.15) is 11.6 Å². The fraction of sp³-hybridized carbons (Fsp3) is 0.333. The van der Waals surface area contributed by atoms with Gasteiger partial charge in [-0.05, 0) is 43.5 Å². The van der Waals surface area contributed by atoms with Crippen LogP contribution in [0.15, 0.2) is 41.6 Å². The molecule has 0 saturated heterocycles. The minimum absolute atomic E-state index is 0.0304. The Morgan fingerprint density at radius 1 is 1.17 bits per heavy atom. The van der Waals surface area contributed by atoms with E-state index in [1.54, 1.807) is 0 Å². The third kappa shape index (κ3) is 4.05. The second-order valence-electron chi connectivity index (χ2n) is 7.42. The molecule has 5 rings (SSSR count). The van der Waals surface area contributed by atoms with Crippen LogP contribution in [0.3, 0.4) is 0 Å². The number of pyridine rings is 1. The molecule has 1 heterocycles. The molecule has 0 radical (unpaired) electrons. The molecule has 1 aromatic carbocycles. The van der Waals surface area contributed by atoms with E-state index in [1.807, 2.05) is 0 Å².